The lowest BCUT2D eigenvalue weighted by molar-refractivity contribution is 0.251. The van der Waals surface area contributed by atoms with Gasteiger partial charge in [-0.25, -0.2) is 4.79 Å². The van der Waals surface area contributed by atoms with Crippen LogP contribution in [0.1, 0.15) is 11.1 Å². The minimum absolute atomic E-state index is 0.234. The van der Waals surface area contributed by atoms with Crippen molar-refractivity contribution in [3.05, 3.63) is 88.9 Å². The van der Waals surface area contributed by atoms with E-state index in [2.05, 4.69) is 22.8 Å². The zero-order valence-electron chi connectivity index (χ0n) is 13.9. The van der Waals surface area contributed by atoms with Crippen molar-refractivity contribution < 1.29 is 4.79 Å². The van der Waals surface area contributed by atoms with Crippen LogP contribution >= 0.6 is 11.6 Å². The van der Waals surface area contributed by atoms with Crippen molar-refractivity contribution in [2.24, 2.45) is 0 Å². The summed E-state index contributed by atoms with van der Waals surface area (Å²) in [7, 11) is 0. The van der Waals surface area contributed by atoms with Crippen LogP contribution in [-0.2, 0) is 6.54 Å². The van der Waals surface area contributed by atoms with Gasteiger partial charge in [0.1, 0.15) is 0 Å². The average Bonchev–Trinajstić information content (AvgIpc) is 2.62. The summed E-state index contributed by atoms with van der Waals surface area (Å²) in [6, 6.07) is 23.3. The molecule has 25 heavy (non-hydrogen) atoms. The SMILES string of the molecule is Cc1cc(Cl)ccc1CNC(=O)Nc1ccc(-c2ccccc2)cc1. The van der Waals surface area contributed by atoms with Gasteiger partial charge in [-0.1, -0.05) is 60.1 Å². The summed E-state index contributed by atoms with van der Waals surface area (Å²) in [6.07, 6.45) is 0. The lowest BCUT2D eigenvalue weighted by Crippen LogP contribution is -2.28. The molecule has 0 fully saturated rings. The molecular formula is C21H19ClN2O. The van der Waals surface area contributed by atoms with Gasteiger partial charge in [0.25, 0.3) is 0 Å². The van der Waals surface area contributed by atoms with Crippen molar-refractivity contribution in [3.63, 3.8) is 0 Å². The van der Waals surface area contributed by atoms with Crippen molar-refractivity contribution in [1.82, 2.24) is 5.32 Å². The molecule has 0 spiro atoms. The van der Waals surface area contributed by atoms with Crippen molar-refractivity contribution in [2.45, 2.75) is 13.5 Å². The minimum Gasteiger partial charge on any atom is -0.334 e. The fraction of sp³-hybridized carbons (Fsp3) is 0.0952. The molecular weight excluding hydrogens is 332 g/mol. The van der Waals surface area contributed by atoms with Crippen LogP contribution in [0.3, 0.4) is 0 Å². The Bertz CT molecular complexity index is 861. The van der Waals surface area contributed by atoms with Crippen molar-refractivity contribution in [2.75, 3.05) is 5.32 Å². The summed E-state index contributed by atoms with van der Waals surface area (Å²) >= 11 is 5.94. The molecule has 3 aromatic rings. The maximum Gasteiger partial charge on any atom is 0.319 e. The highest BCUT2D eigenvalue weighted by Crippen LogP contribution is 2.21. The molecule has 0 aromatic heterocycles. The maximum atomic E-state index is 12.1. The Morgan fingerprint density at radius 3 is 2.28 bits per heavy atom. The molecule has 0 bridgehead atoms. The zero-order chi connectivity index (χ0) is 17.6. The highest BCUT2D eigenvalue weighted by Gasteiger charge is 2.04. The molecule has 0 unspecified atom stereocenters. The quantitative estimate of drug-likeness (QED) is 0.628. The smallest absolute Gasteiger partial charge is 0.319 e. The second kappa shape index (κ2) is 7.86. The normalized spacial score (nSPS) is 10.3. The summed E-state index contributed by atoms with van der Waals surface area (Å²) < 4.78 is 0. The van der Waals surface area contributed by atoms with E-state index in [1.165, 1.54) is 0 Å². The van der Waals surface area contributed by atoms with E-state index in [1.807, 2.05) is 67.6 Å². The third-order valence-corrected chi connectivity index (χ3v) is 4.23. The second-order valence-electron chi connectivity index (χ2n) is 5.82. The van der Waals surface area contributed by atoms with Gasteiger partial charge in [0.15, 0.2) is 0 Å². The Kier molecular flexibility index (Phi) is 5.36. The fourth-order valence-corrected chi connectivity index (χ4v) is 2.81. The number of benzene rings is 3. The highest BCUT2D eigenvalue weighted by molar-refractivity contribution is 6.30. The molecule has 2 N–H and O–H groups in total. The maximum absolute atomic E-state index is 12.1. The van der Waals surface area contributed by atoms with Gasteiger partial charge in [-0.05, 0) is 53.4 Å². The van der Waals surface area contributed by atoms with Crippen LogP contribution in [0, 0.1) is 6.92 Å². The predicted octanol–water partition coefficient (Wildman–Crippen LogP) is 5.64. The first kappa shape index (κ1) is 17.1. The lowest BCUT2D eigenvalue weighted by atomic mass is 10.1. The van der Waals surface area contributed by atoms with Gasteiger partial charge in [0, 0.05) is 17.3 Å². The molecule has 0 aliphatic rings. The van der Waals surface area contributed by atoms with Crippen molar-refractivity contribution in [1.29, 1.82) is 0 Å². The van der Waals surface area contributed by atoms with Gasteiger partial charge in [0.05, 0.1) is 0 Å². The van der Waals surface area contributed by atoms with Crippen LogP contribution in [0.2, 0.25) is 5.02 Å². The van der Waals surface area contributed by atoms with Crippen LogP contribution in [0.4, 0.5) is 10.5 Å². The topological polar surface area (TPSA) is 41.1 Å². The third-order valence-electron chi connectivity index (χ3n) is 3.99. The number of carbonyl (C=O) groups is 1. The molecule has 4 heteroatoms. The van der Waals surface area contributed by atoms with E-state index in [9.17, 15) is 4.79 Å². The van der Waals surface area contributed by atoms with E-state index in [-0.39, 0.29) is 6.03 Å². The van der Waals surface area contributed by atoms with E-state index in [1.54, 1.807) is 0 Å². The molecule has 2 amide bonds. The molecule has 0 saturated carbocycles. The van der Waals surface area contributed by atoms with Gasteiger partial charge < -0.3 is 10.6 Å². The molecule has 0 saturated heterocycles. The molecule has 126 valence electrons. The van der Waals surface area contributed by atoms with Gasteiger partial charge in [-0.2, -0.15) is 0 Å². The Morgan fingerprint density at radius 2 is 1.60 bits per heavy atom. The van der Waals surface area contributed by atoms with E-state index < -0.39 is 0 Å². The Balaban J connectivity index is 1.57. The standard InChI is InChI=1S/C21H19ClN2O/c1-15-13-19(22)10-7-18(15)14-23-21(25)24-20-11-8-17(9-12-20)16-5-3-2-4-6-16/h2-13H,14H2,1H3,(H2,23,24,25). The number of nitrogens with one attached hydrogen (secondary N) is 2. The molecule has 0 heterocycles. The van der Waals surface area contributed by atoms with Crippen LogP contribution in [0.25, 0.3) is 11.1 Å². The summed E-state index contributed by atoms with van der Waals surface area (Å²) in [5, 5.41) is 6.40. The number of hydrogen-bond acceptors (Lipinski definition) is 1. The van der Waals surface area contributed by atoms with Crippen LogP contribution < -0.4 is 10.6 Å². The van der Waals surface area contributed by atoms with E-state index in [0.717, 1.165) is 27.9 Å². The molecule has 0 aliphatic heterocycles. The van der Waals surface area contributed by atoms with Crippen LogP contribution in [0.5, 0.6) is 0 Å². The summed E-state index contributed by atoms with van der Waals surface area (Å²) in [5.41, 5.74) is 5.11. The van der Waals surface area contributed by atoms with E-state index >= 15 is 0 Å². The zero-order valence-corrected chi connectivity index (χ0v) is 14.7. The molecule has 0 aliphatic carbocycles. The summed E-state index contributed by atoms with van der Waals surface area (Å²) in [5.74, 6) is 0. The van der Waals surface area contributed by atoms with Gasteiger partial charge >= 0.3 is 6.03 Å². The highest BCUT2D eigenvalue weighted by atomic mass is 35.5. The number of amides is 2. The van der Waals surface area contributed by atoms with E-state index in [4.69, 9.17) is 11.6 Å². The van der Waals surface area contributed by atoms with Crippen molar-refractivity contribution >= 4 is 23.3 Å². The first-order chi connectivity index (χ1) is 12.1. The average molecular weight is 351 g/mol. The monoisotopic (exact) mass is 350 g/mol. The number of urea groups is 1. The number of anilines is 1. The first-order valence-corrected chi connectivity index (χ1v) is 8.45. The van der Waals surface area contributed by atoms with Crippen LogP contribution in [-0.4, -0.2) is 6.03 Å². The number of hydrogen-bond donors (Lipinski definition) is 2. The Hall–Kier alpha value is -2.78. The lowest BCUT2D eigenvalue weighted by Gasteiger charge is -2.10. The minimum atomic E-state index is -0.234. The third kappa shape index (κ3) is 4.61. The largest absolute Gasteiger partial charge is 0.334 e. The molecule has 0 atom stereocenters. The number of rotatable bonds is 4. The second-order valence-corrected chi connectivity index (χ2v) is 6.26. The van der Waals surface area contributed by atoms with Gasteiger partial charge in [-0.3, -0.25) is 0 Å². The van der Waals surface area contributed by atoms with E-state index in [0.29, 0.717) is 11.6 Å². The first-order valence-electron chi connectivity index (χ1n) is 8.07. The summed E-state index contributed by atoms with van der Waals surface area (Å²) in [6.45, 7) is 2.43. The number of carbonyl (C=O) groups excluding carboxylic acids is 1. The fourth-order valence-electron chi connectivity index (χ4n) is 2.59. The van der Waals surface area contributed by atoms with Gasteiger partial charge in [-0.15, -0.1) is 0 Å². The molecule has 3 aromatic carbocycles. The molecule has 3 rings (SSSR count). The Labute approximate surface area is 152 Å². The van der Waals surface area contributed by atoms with Crippen LogP contribution in [0.15, 0.2) is 72.8 Å². The Morgan fingerprint density at radius 1 is 0.920 bits per heavy atom. The number of aryl methyl sites for hydroxylation is 1. The summed E-state index contributed by atoms with van der Waals surface area (Å²) in [4.78, 5) is 12.1. The van der Waals surface area contributed by atoms with Crippen molar-refractivity contribution in [3.8, 4) is 11.1 Å². The molecule has 3 nitrogen and oxygen atoms in total. The predicted molar refractivity (Wildman–Crippen MR) is 104 cm³/mol. The molecule has 0 radical (unpaired) electrons. The number of halogens is 1. The van der Waals surface area contributed by atoms with Gasteiger partial charge in [0.2, 0.25) is 0 Å².